The second-order valence-electron chi connectivity index (χ2n) is 3.17. The van der Waals surface area contributed by atoms with Gasteiger partial charge in [0.1, 0.15) is 5.82 Å². The summed E-state index contributed by atoms with van der Waals surface area (Å²) in [5, 5.41) is 8.80. The van der Waals surface area contributed by atoms with Gasteiger partial charge in [-0.15, -0.1) is 0 Å². The summed E-state index contributed by atoms with van der Waals surface area (Å²) in [5.41, 5.74) is 0.925. The van der Waals surface area contributed by atoms with E-state index >= 15 is 0 Å². The van der Waals surface area contributed by atoms with Crippen LogP contribution >= 0.6 is 0 Å². The molecule has 0 unspecified atom stereocenters. The second kappa shape index (κ2) is 3.17. The largest absolute Gasteiger partial charge is 0.465 e. The Morgan fingerprint density at radius 3 is 3.07 bits per heavy atom. The van der Waals surface area contributed by atoms with Crippen molar-refractivity contribution in [3.05, 3.63) is 24.3 Å². The Kier molecular flexibility index (Phi) is 1.99. The fourth-order valence-electron chi connectivity index (χ4n) is 1.63. The first-order valence-corrected chi connectivity index (χ1v) is 4.37. The van der Waals surface area contributed by atoms with E-state index in [-0.39, 0.29) is 0 Å². The number of carboxylic acid groups (broad SMARTS) is 1. The van der Waals surface area contributed by atoms with Crippen molar-refractivity contribution < 1.29 is 9.90 Å². The highest BCUT2D eigenvalue weighted by Crippen LogP contribution is 2.15. The Morgan fingerprint density at radius 1 is 1.64 bits per heavy atom. The van der Waals surface area contributed by atoms with Crippen molar-refractivity contribution in [2.24, 2.45) is 0 Å². The number of amides is 1. The zero-order chi connectivity index (χ0) is 10.1. The van der Waals surface area contributed by atoms with Crippen LogP contribution in [-0.4, -0.2) is 32.2 Å². The number of fused-ring (bicyclic) bond motifs is 1. The molecule has 2 heterocycles. The summed E-state index contributed by atoms with van der Waals surface area (Å²) in [5.74, 6) is 0.810. The Bertz CT molecular complexity index is 383. The van der Waals surface area contributed by atoms with Crippen molar-refractivity contribution >= 4 is 12.2 Å². The SMILES string of the molecule is C=Cc1ncc2n1CCN(C(=O)O)C2. The van der Waals surface area contributed by atoms with Crippen molar-refractivity contribution in [1.82, 2.24) is 14.5 Å². The van der Waals surface area contributed by atoms with Crippen LogP contribution in [0.2, 0.25) is 0 Å². The van der Waals surface area contributed by atoms with Crippen LogP contribution < -0.4 is 0 Å². The van der Waals surface area contributed by atoms with Crippen molar-refractivity contribution in [2.45, 2.75) is 13.1 Å². The fraction of sp³-hybridized carbons (Fsp3) is 0.333. The number of hydrogen-bond donors (Lipinski definition) is 1. The normalized spacial score (nSPS) is 15.0. The first kappa shape index (κ1) is 8.80. The van der Waals surface area contributed by atoms with Gasteiger partial charge in [-0.1, -0.05) is 6.58 Å². The fourth-order valence-corrected chi connectivity index (χ4v) is 1.63. The zero-order valence-electron chi connectivity index (χ0n) is 7.68. The van der Waals surface area contributed by atoms with Gasteiger partial charge in [-0.2, -0.15) is 0 Å². The summed E-state index contributed by atoms with van der Waals surface area (Å²) < 4.78 is 1.99. The lowest BCUT2D eigenvalue weighted by molar-refractivity contribution is 0.132. The van der Waals surface area contributed by atoms with E-state index in [0.717, 1.165) is 11.5 Å². The van der Waals surface area contributed by atoms with Crippen molar-refractivity contribution in [2.75, 3.05) is 6.54 Å². The molecule has 0 saturated heterocycles. The number of carbonyl (C=O) groups is 1. The van der Waals surface area contributed by atoms with Crippen LogP contribution in [0.1, 0.15) is 11.5 Å². The van der Waals surface area contributed by atoms with Gasteiger partial charge in [0.05, 0.1) is 18.4 Å². The second-order valence-corrected chi connectivity index (χ2v) is 3.17. The molecule has 5 nitrogen and oxygen atoms in total. The van der Waals surface area contributed by atoms with Crippen LogP contribution in [0.3, 0.4) is 0 Å². The predicted molar refractivity (Wildman–Crippen MR) is 50.8 cm³/mol. The Hall–Kier alpha value is -1.78. The first-order chi connectivity index (χ1) is 6.72. The van der Waals surface area contributed by atoms with Crippen LogP contribution in [0.25, 0.3) is 6.08 Å². The minimum absolute atomic E-state index is 0.413. The zero-order valence-corrected chi connectivity index (χ0v) is 7.68. The van der Waals surface area contributed by atoms with E-state index in [1.54, 1.807) is 12.3 Å². The van der Waals surface area contributed by atoms with Gasteiger partial charge < -0.3 is 14.6 Å². The highest BCUT2D eigenvalue weighted by molar-refractivity contribution is 5.65. The third kappa shape index (κ3) is 1.26. The Balaban J connectivity index is 2.28. The van der Waals surface area contributed by atoms with Gasteiger partial charge >= 0.3 is 6.09 Å². The van der Waals surface area contributed by atoms with Gasteiger partial charge in [0, 0.05) is 13.1 Å². The summed E-state index contributed by atoms with van der Waals surface area (Å²) in [6.07, 6.45) is 2.50. The standard InChI is InChI=1S/C9H11N3O2/c1-2-8-10-5-7-6-11(9(13)14)3-4-12(7)8/h2,5H,1,3-4,6H2,(H,13,14). The molecule has 0 aliphatic carbocycles. The predicted octanol–water partition coefficient (Wildman–Crippen LogP) is 1.02. The molecule has 5 heteroatoms. The molecule has 1 aromatic rings. The topological polar surface area (TPSA) is 58.4 Å². The summed E-state index contributed by atoms with van der Waals surface area (Å²) >= 11 is 0. The van der Waals surface area contributed by atoms with E-state index in [9.17, 15) is 4.79 Å². The first-order valence-electron chi connectivity index (χ1n) is 4.37. The Labute approximate surface area is 81.3 Å². The number of rotatable bonds is 1. The molecule has 0 atom stereocenters. The molecule has 1 N–H and O–H groups in total. The molecule has 0 bridgehead atoms. The molecule has 0 aromatic carbocycles. The number of aromatic nitrogens is 2. The lowest BCUT2D eigenvalue weighted by Gasteiger charge is -2.26. The van der Waals surface area contributed by atoms with Gasteiger partial charge in [-0.05, 0) is 6.08 Å². The molecular weight excluding hydrogens is 182 g/mol. The van der Waals surface area contributed by atoms with Gasteiger partial charge in [-0.3, -0.25) is 0 Å². The molecule has 1 amide bonds. The molecule has 0 radical (unpaired) electrons. The van der Waals surface area contributed by atoms with Crippen molar-refractivity contribution in [3.8, 4) is 0 Å². The van der Waals surface area contributed by atoms with Crippen molar-refractivity contribution in [1.29, 1.82) is 0 Å². The van der Waals surface area contributed by atoms with Crippen LogP contribution in [0.5, 0.6) is 0 Å². The van der Waals surface area contributed by atoms with E-state index in [4.69, 9.17) is 5.11 Å². The highest BCUT2D eigenvalue weighted by Gasteiger charge is 2.21. The Morgan fingerprint density at radius 2 is 2.43 bits per heavy atom. The van der Waals surface area contributed by atoms with Gasteiger partial charge in [0.15, 0.2) is 0 Å². The van der Waals surface area contributed by atoms with E-state index in [0.29, 0.717) is 19.6 Å². The number of nitrogens with zero attached hydrogens (tertiary/aromatic N) is 3. The summed E-state index contributed by atoms with van der Waals surface area (Å²) in [4.78, 5) is 16.2. The number of imidazole rings is 1. The van der Waals surface area contributed by atoms with Gasteiger partial charge in [0.2, 0.25) is 0 Å². The molecule has 2 rings (SSSR count). The third-order valence-corrected chi connectivity index (χ3v) is 2.37. The molecule has 14 heavy (non-hydrogen) atoms. The molecule has 0 fully saturated rings. The minimum Gasteiger partial charge on any atom is -0.465 e. The number of hydrogen-bond acceptors (Lipinski definition) is 2. The van der Waals surface area contributed by atoms with E-state index in [1.165, 1.54) is 4.90 Å². The third-order valence-electron chi connectivity index (χ3n) is 2.37. The molecule has 74 valence electrons. The average Bonchev–Trinajstić information content (AvgIpc) is 2.59. The monoisotopic (exact) mass is 193 g/mol. The molecule has 1 aliphatic heterocycles. The lowest BCUT2D eigenvalue weighted by Crippen LogP contribution is -2.37. The van der Waals surface area contributed by atoms with Gasteiger partial charge in [0.25, 0.3) is 0 Å². The molecular formula is C9H11N3O2. The lowest BCUT2D eigenvalue weighted by atomic mass is 10.3. The summed E-state index contributed by atoms with van der Waals surface area (Å²) in [6.45, 7) is 5.23. The molecule has 0 saturated carbocycles. The van der Waals surface area contributed by atoms with E-state index in [1.807, 2.05) is 4.57 Å². The van der Waals surface area contributed by atoms with Crippen LogP contribution in [0.4, 0.5) is 4.79 Å². The van der Waals surface area contributed by atoms with E-state index < -0.39 is 6.09 Å². The quantitative estimate of drug-likeness (QED) is 0.724. The van der Waals surface area contributed by atoms with Crippen LogP contribution in [-0.2, 0) is 13.1 Å². The van der Waals surface area contributed by atoms with Crippen LogP contribution in [0, 0.1) is 0 Å². The minimum atomic E-state index is -0.877. The van der Waals surface area contributed by atoms with Crippen LogP contribution in [0.15, 0.2) is 12.8 Å². The highest BCUT2D eigenvalue weighted by atomic mass is 16.4. The van der Waals surface area contributed by atoms with Gasteiger partial charge in [-0.25, -0.2) is 9.78 Å². The maximum atomic E-state index is 10.7. The molecule has 1 aliphatic rings. The maximum Gasteiger partial charge on any atom is 0.407 e. The van der Waals surface area contributed by atoms with E-state index in [2.05, 4.69) is 11.6 Å². The smallest absolute Gasteiger partial charge is 0.407 e. The molecule has 0 spiro atoms. The average molecular weight is 193 g/mol. The maximum absolute atomic E-state index is 10.7. The summed E-state index contributed by atoms with van der Waals surface area (Å²) in [6, 6.07) is 0. The molecule has 1 aromatic heterocycles. The van der Waals surface area contributed by atoms with Crippen molar-refractivity contribution in [3.63, 3.8) is 0 Å². The summed E-state index contributed by atoms with van der Waals surface area (Å²) in [7, 11) is 0.